The number of rotatable bonds is 4. The number of hydrogen-bond acceptors (Lipinski definition) is 6. The van der Waals surface area contributed by atoms with Crippen LogP contribution in [0.3, 0.4) is 0 Å². The number of nitro benzene ring substituents is 1. The smallest absolute Gasteiger partial charge is 0.310 e. The molecule has 0 atom stereocenters. The number of ketones is 1. The summed E-state index contributed by atoms with van der Waals surface area (Å²) >= 11 is 0. The number of benzene rings is 2. The van der Waals surface area contributed by atoms with Gasteiger partial charge in [-0.25, -0.2) is 0 Å². The maximum Gasteiger partial charge on any atom is 0.310 e. The number of carbonyl (C=O) groups is 1. The number of Topliss-reactive ketones (excluding diaryl/α,β-unsaturated/α-hetero) is 1. The Bertz CT molecular complexity index is 725. The van der Waals surface area contributed by atoms with Crippen LogP contribution < -0.4 is 0 Å². The summed E-state index contributed by atoms with van der Waals surface area (Å²) in [6, 6.07) is 7.18. The molecule has 0 bridgehead atoms. The largest absolute Gasteiger partial charge is 0.508 e. The van der Waals surface area contributed by atoms with Gasteiger partial charge in [0, 0.05) is 18.6 Å². The van der Waals surface area contributed by atoms with Gasteiger partial charge >= 0.3 is 5.69 Å². The topological polar surface area (TPSA) is 121 Å². The molecule has 21 heavy (non-hydrogen) atoms. The lowest BCUT2D eigenvalue weighted by Gasteiger charge is -2.05. The minimum atomic E-state index is -0.749. The molecule has 0 spiro atoms. The Morgan fingerprint density at radius 3 is 2.38 bits per heavy atom. The summed E-state index contributed by atoms with van der Waals surface area (Å²) in [6.07, 6.45) is -0.181. The van der Waals surface area contributed by atoms with Gasteiger partial charge in [0.25, 0.3) is 0 Å². The summed E-state index contributed by atoms with van der Waals surface area (Å²) < 4.78 is 0. The summed E-state index contributed by atoms with van der Waals surface area (Å²) in [5.41, 5.74) is -0.157. The molecule has 0 aliphatic heterocycles. The summed E-state index contributed by atoms with van der Waals surface area (Å²) in [7, 11) is 0. The summed E-state index contributed by atoms with van der Waals surface area (Å²) in [4.78, 5) is 22.0. The molecule has 0 saturated heterocycles. The van der Waals surface area contributed by atoms with Crippen molar-refractivity contribution in [3.05, 3.63) is 57.6 Å². The highest BCUT2D eigenvalue weighted by Gasteiger charge is 2.17. The Morgan fingerprint density at radius 2 is 1.76 bits per heavy atom. The molecule has 0 unspecified atom stereocenters. The normalized spacial score (nSPS) is 10.3. The van der Waals surface area contributed by atoms with Crippen molar-refractivity contribution in [1.82, 2.24) is 0 Å². The predicted octanol–water partition coefficient (Wildman–Crippen LogP) is 2.14. The van der Waals surface area contributed by atoms with E-state index in [1.807, 2.05) is 0 Å². The third kappa shape index (κ3) is 3.08. The molecule has 0 saturated carbocycles. The van der Waals surface area contributed by atoms with Gasteiger partial charge in [-0.3, -0.25) is 14.9 Å². The minimum absolute atomic E-state index is 0.00327. The first kappa shape index (κ1) is 14.3. The molecule has 0 aliphatic rings. The minimum Gasteiger partial charge on any atom is -0.508 e. The van der Waals surface area contributed by atoms with E-state index in [-0.39, 0.29) is 23.5 Å². The first-order valence-corrected chi connectivity index (χ1v) is 5.90. The average Bonchev–Trinajstić information content (AvgIpc) is 2.40. The first-order chi connectivity index (χ1) is 9.88. The van der Waals surface area contributed by atoms with Crippen LogP contribution in [0.1, 0.15) is 15.9 Å². The van der Waals surface area contributed by atoms with E-state index >= 15 is 0 Å². The van der Waals surface area contributed by atoms with E-state index in [2.05, 4.69) is 0 Å². The zero-order chi connectivity index (χ0) is 15.6. The zero-order valence-electron chi connectivity index (χ0n) is 10.7. The number of carbonyl (C=O) groups excluding carboxylic acids is 1. The van der Waals surface area contributed by atoms with E-state index in [0.29, 0.717) is 5.56 Å². The molecule has 7 nitrogen and oxygen atoms in total. The average molecular weight is 289 g/mol. The fourth-order valence-electron chi connectivity index (χ4n) is 1.86. The van der Waals surface area contributed by atoms with Crippen molar-refractivity contribution in [1.29, 1.82) is 0 Å². The van der Waals surface area contributed by atoms with Crippen molar-refractivity contribution in [3.63, 3.8) is 0 Å². The van der Waals surface area contributed by atoms with Gasteiger partial charge in [-0.15, -0.1) is 0 Å². The maximum atomic E-state index is 12.0. The molecule has 0 heterocycles. The second-order valence-corrected chi connectivity index (χ2v) is 4.38. The van der Waals surface area contributed by atoms with E-state index in [0.717, 1.165) is 18.2 Å². The fourth-order valence-corrected chi connectivity index (χ4v) is 1.86. The molecule has 0 aliphatic carbocycles. The second kappa shape index (κ2) is 5.49. The van der Waals surface area contributed by atoms with E-state index in [1.54, 1.807) is 0 Å². The lowest BCUT2D eigenvalue weighted by atomic mass is 10.0. The predicted molar refractivity (Wildman–Crippen MR) is 72.6 cm³/mol. The number of nitro groups is 1. The van der Waals surface area contributed by atoms with Crippen molar-refractivity contribution in [2.45, 2.75) is 6.42 Å². The quantitative estimate of drug-likeness (QED) is 0.450. The summed E-state index contributed by atoms with van der Waals surface area (Å²) in [5, 5.41) is 38.8. The lowest BCUT2D eigenvalue weighted by molar-refractivity contribution is -0.385. The Labute approximate surface area is 118 Å². The van der Waals surface area contributed by atoms with Crippen molar-refractivity contribution in [3.8, 4) is 17.2 Å². The molecule has 0 amide bonds. The molecule has 0 aromatic heterocycles. The van der Waals surface area contributed by atoms with Crippen LogP contribution in [0.25, 0.3) is 0 Å². The Kier molecular flexibility index (Phi) is 3.75. The highest BCUT2D eigenvalue weighted by molar-refractivity contribution is 6.00. The fraction of sp³-hybridized carbons (Fsp3) is 0.0714. The van der Waals surface area contributed by atoms with Gasteiger partial charge < -0.3 is 15.3 Å². The van der Waals surface area contributed by atoms with E-state index in [1.165, 1.54) is 18.2 Å². The van der Waals surface area contributed by atoms with Crippen molar-refractivity contribution in [2.24, 2.45) is 0 Å². The van der Waals surface area contributed by atoms with Crippen LogP contribution in [0.15, 0.2) is 36.4 Å². The first-order valence-electron chi connectivity index (χ1n) is 5.90. The van der Waals surface area contributed by atoms with Crippen LogP contribution in [-0.2, 0) is 6.42 Å². The van der Waals surface area contributed by atoms with Crippen LogP contribution in [0.4, 0.5) is 5.69 Å². The maximum absolute atomic E-state index is 12.0. The van der Waals surface area contributed by atoms with Crippen LogP contribution in [0, 0.1) is 10.1 Å². The van der Waals surface area contributed by atoms with Crippen molar-refractivity contribution < 1.29 is 25.0 Å². The summed E-state index contributed by atoms with van der Waals surface area (Å²) in [6.45, 7) is 0. The molecule has 2 aromatic carbocycles. The number of nitrogens with zero attached hydrogens (tertiary/aromatic N) is 1. The monoisotopic (exact) mass is 289 g/mol. The van der Waals surface area contributed by atoms with Gasteiger partial charge in [-0.1, -0.05) is 6.07 Å². The second-order valence-electron chi connectivity index (χ2n) is 4.38. The van der Waals surface area contributed by atoms with Gasteiger partial charge in [0.15, 0.2) is 11.5 Å². The number of hydrogen-bond donors (Lipinski definition) is 3. The number of phenolic OH excluding ortho intramolecular Hbond substituents is 3. The van der Waals surface area contributed by atoms with Crippen LogP contribution in [0.2, 0.25) is 0 Å². The highest BCUT2D eigenvalue weighted by Crippen LogP contribution is 2.28. The molecule has 2 rings (SSSR count). The lowest BCUT2D eigenvalue weighted by Crippen LogP contribution is -2.04. The molecular formula is C14H11NO6. The molecule has 0 radical (unpaired) electrons. The van der Waals surface area contributed by atoms with Crippen molar-refractivity contribution in [2.75, 3.05) is 0 Å². The number of aromatic hydroxyl groups is 3. The summed E-state index contributed by atoms with van der Waals surface area (Å²) in [5.74, 6) is -1.49. The Balaban J connectivity index is 2.27. The standard InChI is InChI=1S/C14H11NO6/c16-9-2-3-10(14(19)7-9)13(18)6-8-1-4-12(17)11(5-8)15(20)21/h1-5,7,16-17,19H,6H2. The molecule has 2 aromatic rings. The van der Waals surface area contributed by atoms with E-state index in [4.69, 9.17) is 5.11 Å². The van der Waals surface area contributed by atoms with Crippen molar-refractivity contribution >= 4 is 11.5 Å². The zero-order valence-corrected chi connectivity index (χ0v) is 10.7. The molecule has 3 N–H and O–H groups in total. The van der Waals surface area contributed by atoms with E-state index in [9.17, 15) is 25.1 Å². The molecule has 0 fully saturated rings. The van der Waals surface area contributed by atoms with Gasteiger partial charge in [-0.05, 0) is 23.8 Å². The Hall–Kier alpha value is -3.09. The number of phenols is 3. The molecule has 7 heteroatoms. The Morgan fingerprint density at radius 1 is 1.05 bits per heavy atom. The molecular weight excluding hydrogens is 278 g/mol. The van der Waals surface area contributed by atoms with Crippen LogP contribution in [0.5, 0.6) is 17.2 Å². The van der Waals surface area contributed by atoms with Gasteiger partial charge in [0.2, 0.25) is 0 Å². The van der Waals surface area contributed by atoms with E-state index < -0.39 is 22.1 Å². The van der Waals surface area contributed by atoms with Crippen LogP contribution in [-0.4, -0.2) is 26.0 Å². The van der Waals surface area contributed by atoms with Gasteiger partial charge in [-0.2, -0.15) is 0 Å². The molecule has 108 valence electrons. The SMILES string of the molecule is O=C(Cc1ccc(O)c([N+](=O)[O-])c1)c1ccc(O)cc1O. The van der Waals surface area contributed by atoms with Crippen LogP contribution >= 0.6 is 0 Å². The highest BCUT2D eigenvalue weighted by atomic mass is 16.6. The van der Waals surface area contributed by atoms with Gasteiger partial charge in [0.1, 0.15) is 11.5 Å². The van der Waals surface area contributed by atoms with Gasteiger partial charge in [0.05, 0.1) is 10.5 Å². The third-order valence-electron chi connectivity index (χ3n) is 2.88. The third-order valence-corrected chi connectivity index (χ3v) is 2.88.